The SMILES string of the molecule is OCCCCCCCCCCCCCC(F)(F)F. The fraction of sp³-hybridized carbons (Fsp3) is 1.00. The zero-order valence-electron chi connectivity index (χ0n) is 11.3. The normalized spacial score (nSPS) is 12.0. The Labute approximate surface area is 109 Å². The van der Waals surface area contributed by atoms with Crippen LogP contribution in [0.4, 0.5) is 13.2 Å². The van der Waals surface area contributed by atoms with Crippen molar-refractivity contribution in [3.05, 3.63) is 0 Å². The van der Waals surface area contributed by atoms with Crippen LogP contribution in [0, 0.1) is 0 Å². The lowest BCUT2D eigenvalue weighted by molar-refractivity contribution is -0.135. The predicted octanol–water partition coefficient (Wildman–Crippen LogP) is 5.22. The van der Waals surface area contributed by atoms with Gasteiger partial charge in [0.25, 0.3) is 0 Å². The van der Waals surface area contributed by atoms with Crippen LogP contribution in [0.15, 0.2) is 0 Å². The Hall–Kier alpha value is -0.250. The van der Waals surface area contributed by atoms with Crippen molar-refractivity contribution < 1.29 is 18.3 Å². The predicted molar refractivity (Wildman–Crippen MR) is 68.5 cm³/mol. The van der Waals surface area contributed by atoms with Crippen LogP contribution >= 0.6 is 0 Å². The number of aliphatic hydroxyl groups excluding tert-OH is 1. The third kappa shape index (κ3) is 15.8. The van der Waals surface area contributed by atoms with Crippen LogP contribution in [0.5, 0.6) is 0 Å². The third-order valence-corrected chi connectivity index (χ3v) is 3.12. The van der Waals surface area contributed by atoms with Gasteiger partial charge in [-0.1, -0.05) is 57.8 Å². The number of hydrogen-bond acceptors (Lipinski definition) is 1. The molecule has 0 saturated heterocycles. The van der Waals surface area contributed by atoms with Crippen LogP contribution in [0.3, 0.4) is 0 Å². The molecule has 0 aliphatic rings. The summed E-state index contributed by atoms with van der Waals surface area (Å²) in [5.74, 6) is 0. The quantitative estimate of drug-likeness (QED) is 0.481. The Morgan fingerprint density at radius 1 is 0.556 bits per heavy atom. The molecule has 0 aromatic heterocycles. The molecule has 0 bridgehead atoms. The first-order chi connectivity index (χ1) is 8.56. The summed E-state index contributed by atoms with van der Waals surface area (Å²) in [5, 5.41) is 8.59. The molecule has 4 heteroatoms. The highest BCUT2D eigenvalue weighted by atomic mass is 19.4. The number of hydrogen-bond donors (Lipinski definition) is 1. The molecule has 1 N–H and O–H groups in total. The largest absolute Gasteiger partial charge is 0.396 e. The summed E-state index contributed by atoms with van der Waals surface area (Å²) < 4.78 is 35.5. The highest BCUT2D eigenvalue weighted by Crippen LogP contribution is 2.23. The van der Waals surface area contributed by atoms with Gasteiger partial charge >= 0.3 is 6.18 Å². The van der Waals surface area contributed by atoms with E-state index in [4.69, 9.17) is 5.11 Å². The molecule has 0 aliphatic heterocycles. The zero-order chi connectivity index (χ0) is 13.7. The smallest absolute Gasteiger partial charge is 0.389 e. The second-order valence-electron chi connectivity index (χ2n) is 4.98. The lowest BCUT2D eigenvalue weighted by Gasteiger charge is -2.05. The van der Waals surface area contributed by atoms with Gasteiger partial charge in [0.2, 0.25) is 0 Å². The van der Waals surface area contributed by atoms with E-state index < -0.39 is 12.6 Å². The molecule has 0 heterocycles. The lowest BCUT2D eigenvalue weighted by Crippen LogP contribution is -2.06. The lowest BCUT2D eigenvalue weighted by atomic mass is 10.1. The van der Waals surface area contributed by atoms with Crippen LogP contribution in [0.1, 0.15) is 77.0 Å². The maximum Gasteiger partial charge on any atom is 0.389 e. The summed E-state index contributed by atoms with van der Waals surface area (Å²) >= 11 is 0. The average Bonchev–Trinajstić information content (AvgIpc) is 2.29. The van der Waals surface area contributed by atoms with Crippen molar-refractivity contribution in [3.63, 3.8) is 0 Å². The van der Waals surface area contributed by atoms with E-state index in [1.807, 2.05) is 0 Å². The summed E-state index contributed by atoms with van der Waals surface area (Å²) in [5.41, 5.74) is 0. The van der Waals surface area contributed by atoms with Gasteiger partial charge in [-0.25, -0.2) is 0 Å². The van der Waals surface area contributed by atoms with Crippen LogP contribution in [0.2, 0.25) is 0 Å². The fourth-order valence-corrected chi connectivity index (χ4v) is 2.03. The summed E-state index contributed by atoms with van der Waals surface area (Å²) in [4.78, 5) is 0. The second-order valence-corrected chi connectivity index (χ2v) is 4.98. The highest BCUT2D eigenvalue weighted by Gasteiger charge is 2.25. The van der Waals surface area contributed by atoms with Gasteiger partial charge in [0.15, 0.2) is 0 Å². The summed E-state index contributed by atoms with van der Waals surface area (Å²) in [7, 11) is 0. The van der Waals surface area contributed by atoms with E-state index in [2.05, 4.69) is 0 Å². The monoisotopic (exact) mass is 268 g/mol. The Kier molecular flexibility index (Phi) is 11.7. The molecule has 0 radical (unpaired) electrons. The van der Waals surface area contributed by atoms with Gasteiger partial charge < -0.3 is 5.11 Å². The van der Waals surface area contributed by atoms with Crippen molar-refractivity contribution in [2.75, 3.05) is 6.61 Å². The molecule has 0 aromatic carbocycles. The molecule has 0 saturated carbocycles. The Morgan fingerprint density at radius 2 is 0.889 bits per heavy atom. The molecule has 0 fully saturated rings. The number of aliphatic hydroxyl groups is 1. The minimum Gasteiger partial charge on any atom is -0.396 e. The molecular formula is C14H27F3O. The third-order valence-electron chi connectivity index (χ3n) is 3.12. The van der Waals surface area contributed by atoms with Gasteiger partial charge in [0.1, 0.15) is 0 Å². The Balaban J connectivity index is 2.99. The van der Waals surface area contributed by atoms with Crippen molar-refractivity contribution in [1.29, 1.82) is 0 Å². The van der Waals surface area contributed by atoms with Gasteiger partial charge in [0.05, 0.1) is 0 Å². The summed E-state index contributed by atoms with van der Waals surface area (Å²) in [6.45, 7) is 0.290. The van der Waals surface area contributed by atoms with Crippen molar-refractivity contribution >= 4 is 0 Å². The molecule has 0 atom stereocenters. The van der Waals surface area contributed by atoms with Crippen molar-refractivity contribution in [2.45, 2.75) is 83.2 Å². The van der Waals surface area contributed by atoms with Gasteiger partial charge in [0, 0.05) is 13.0 Å². The molecule has 1 nitrogen and oxygen atoms in total. The van der Waals surface area contributed by atoms with Gasteiger partial charge in [-0.3, -0.25) is 0 Å². The first-order valence-corrected chi connectivity index (χ1v) is 7.24. The molecule has 110 valence electrons. The van der Waals surface area contributed by atoms with Crippen molar-refractivity contribution in [1.82, 2.24) is 0 Å². The van der Waals surface area contributed by atoms with Gasteiger partial charge in [-0.05, 0) is 12.8 Å². The molecule has 0 aliphatic carbocycles. The number of alkyl halides is 3. The average molecular weight is 268 g/mol. The van der Waals surface area contributed by atoms with E-state index in [-0.39, 0.29) is 13.0 Å². The Morgan fingerprint density at radius 3 is 1.22 bits per heavy atom. The molecule has 0 spiro atoms. The van der Waals surface area contributed by atoms with E-state index in [0.29, 0.717) is 6.42 Å². The van der Waals surface area contributed by atoms with Crippen molar-refractivity contribution in [2.24, 2.45) is 0 Å². The molecule has 0 amide bonds. The minimum absolute atomic E-state index is 0.282. The molecule has 0 rings (SSSR count). The zero-order valence-corrected chi connectivity index (χ0v) is 11.3. The van der Waals surface area contributed by atoms with Gasteiger partial charge in [-0.2, -0.15) is 13.2 Å². The van der Waals surface area contributed by atoms with E-state index in [0.717, 1.165) is 32.1 Å². The topological polar surface area (TPSA) is 20.2 Å². The maximum absolute atomic E-state index is 11.8. The van der Waals surface area contributed by atoms with Crippen LogP contribution in [0.25, 0.3) is 0 Å². The van der Waals surface area contributed by atoms with Crippen LogP contribution < -0.4 is 0 Å². The second kappa shape index (κ2) is 11.8. The number of unbranched alkanes of at least 4 members (excludes halogenated alkanes) is 10. The fourth-order valence-electron chi connectivity index (χ4n) is 2.03. The van der Waals surface area contributed by atoms with E-state index >= 15 is 0 Å². The van der Waals surface area contributed by atoms with E-state index in [1.54, 1.807) is 0 Å². The summed E-state index contributed by atoms with van der Waals surface area (Å²) in [6.07, 6.45) is 6.34. The van der Waals surface area contributed by atoms with Crippen LogP contribution in [-0.4, -0.2) is 17.9 Å². The van der Waals surface area contributed by atoms with E-state index in [9.17, 15) is 13.2 Å². The van der Waals surface area contributed by atoms with Crippen molar-refractivity contribution in [3.8, 4) is 0 Å². The molecule has 0 aromatic rings. The first kappa shape index (κ1) is 17.8. The van der Waals surface area contributed by atoms with E-state index in [1.165, 1.54) is 25.7 Å². The molecule has 18 heavy (non-hydrogen) atoms. The standard InChI is InChI=1S/C14H27F3O/c15-14(16,17)12-10-8-6-4-2-1-3-5-7-9-11-13-18/h18H,1-13H2. The minimum atomic E-state index is -3.98. The Bertz CT molecular complexity index is 169. The number of rotatable bonds is 12. The highest BCUT2D eigenvalue weighted by molar-refractivity contribution is 4.52. The summed E-state index contributed by atoms with van der Waals surface area (Å²) in [6, 6.07) is 0. The molecule has 0 unspecified atom stereocenters. The maximum atomic E-state index is 11.8. The van der Waals surface area contributed by atoms with Gasteiger partial charge in [-0.15, -0.1) is 0 Å². The first-order valence-electron chi connectivity index (χ1n) is 7.24. The van der Waals surface area contributed by atoms with Crippen LogP contribution in [-0.2, 0) is 0 Å². The molecular weight excluding hydrogens is 241 g/mol. The number of halogens is 3.